The van der Waals surface area contributed by atoms with Crippen molar-refractivity contribution in [2.45, 2.75) is 13.0 Å². The van der Waals surface area contributed by atoms with Crippen LogP contribution in [0.2, 0.25) is 0 Å². The van der Waals surface area contributed by atoms with Crippen molar-refractivity contribution in [1.82, 2.24) is 20.0 Å². The second-order valence-electron chi connectivity index (χ2n) is 6.13. The number of H-pyrrole nitrogens is 1. The molecule has 2 aromatic carbocycles. The highest BCUT2D eigenvalue weighted by Gasteiger charge is 2.09. The van der Waals surface area contributed by atoms with Gasteiger partial charge in [0.15, 0.2) is 17.5 Å². The number of carbonyl (C=O) groups excluding carboxylic acids is 1. The van der Waals surface area contributed by atoms with Gasteiger partial charge in [-0.05, 0) is 46.8 Å². The molecule has 136 valence electrons. The van der Waals surface area contributed by atoms with E-state index in [1.165, 1.54) is 17.1 Å². The van der Waals surface area contributed by atoms with Crippen molar-refractivity contribution in [3.8, 4) is 0 Å². The van der Waals surface area contributed by atoms with Crippen LogP contribution in [0.5, 0.6) is 0 Å². The van der Waals surface area contributed by atoms with Crippen LogP contribution in [0.25, 0.3) is 10.9 Å². The maximum absolute atomic E-state index is 13.3. The highest BCUT2D eigenvalue weighted by Crippen LogP contribution is 2.15. The molecule has 0 fully saturated rings. The van der Waals surface area contributed by atoms with Crippen LogP contribution in [0.15, 0.2) is 54.9 Å². The van der Waals surface area contributed by atoms with E-state index < -0.39 is 11.6 Å². The fraction of sp³-hybridized carbons (Fsp3) is 0.105. The first-order chi connectivity index (χ1) is 13.1. The number of nitrogens with zero attached hydrogens (tertiary/aromatic N) is 3. The van der Waals surface area contributed by atoms with Crippen molar-refractivity contribution < 1.29 is 13.6 Å². The Labute approximate surface area is 152 Å². The molecule has 0 saturated carbocycles. The molecule has 2 aromatic heterocycles. The molecular formula is C19H15F2N5O. The SMILES string of the molecule is O=C(Cc1ccc2[nH]ccc2c1)Nc1cnn(Cc2ccc(F)c(F)c2)n1. The molecule has 4 rings (SSSR count). The average molecular weight is 367 g/mol. The van der Waals surface area contributed by atoms with Gasteiger partial charge in [0.25, 0.3) is 0 Å². The predicted octanol–water partition coefficient (Wildman–Crippen LogP) is 3.27. The number of nitrogens with one attached hydrogen (secondary N) is 2. The van der Waals surface area contributed by atoms with E-state index in [-0.39, 0.29) is 18.9 Å². The molecule has 27 heavy (non-hydrogen) atoms. The molecule has 0 bridgehead atoms. The Kier molecular flexibility index (Phi) is 4.37. The summed E-state index contributed by atoms with van der Waals surface area (Å²) < 4.78 is 26.2. The lowest BCUT2D eigenvalue weighted by atomic mass is 10.1. The average Bonchev–Trinajstić information content (AvgIpc) is 3.27. The van der Waals surface area contributed by atoms with Crippen molar-refractivity contribution in [2.24, 2.45) is 0 Å². The number of rotatable bonds is 5. The highest BCUT2D eigenvalue weighted by molar-refractivity contribution is 5.92. The van der Waals surface area contributed by atoms with Crippen LogP contribution in [0.1, 0.15) is 11.1 Å². The molecule has 0 unspecified atom stereocenters. The molecule has 1 amide bonds. The van der Waals surface area contributed by atoms with Crippen molar-refractivity contribution in [1.29, 1.82) is 0 Å². The third kappa shape index (κ3) is 3.84. The van der Waals surface area contributed by atoms with Crippen LogP contribution in [0.3, 0.4) is 0 Å². The molecule has 0 atom stereocenters. The minimum absolute atomic E-state index is 0.164. The fourth-order valence-corrected chi connectivity index (χ4v) is 2.82. The van der Waals surface area contributed by atoms with Crippen molar-refractivity contribution >= 4 is 22.6 Å². The van der Waals surface area contributed by atoms with Crippen LogP contribution >= 0.6 is 0 Å². The minimum Gasteiger partial charge on any atom is -0.361 e. The maximum Gasteiger partial charge on any atom is 0.230 e. The summed E-state index contributed by atoms with van der Waals surface area (Å²) in [6, 6.07) is 11.3. The van der Waals surface area contributed by atoms with E-state index in [9.17, 15) is 13.6 Å². The number of aromatic nitrogens is 4. The van der Waals surface area contributed by atoms with Crippen LogP contribution < -0.4 is 5.32 Å². The Morgan fingerprint density at radius 3 is 2.78 bits per heavy atom. The monoisotopic (exact) mass is 367 g/mol. The predicted molar refractivity (Wildman–Crippen MR) is 96.1 cm³/mol. The molecule has 6 nitrogen and oxygen atoms in total. The van der Waals surface area contributed by atoms with Gasteiger partial charge in [-0.2, -0.15) is 9.90 Å². The third-order valence-electron chi connectivity index (χ3n) is 4.09. The number of carbonyl (C=O) groups is 1. The number of fused-ring (bicyclic) bond motifs is 1. The number of benzene rings is 2. The van der Waals surface area contributed by atoms with E-state index in [2.05, 4.69) is 20.5 Å². The van der Waals surface area contributed by atoms with Gasteiger partial charge in [-0.3, -0.25) is 4.79 Å². The van der Waals surface area contributed by atoms with E-state index in [1.807, 2.05) is 30.5 Å². The largest absolute Gasteiger partial charge is 0.361 e. The fourth-order valence-electron chi connectivity index (χ4n) is 2.82. The summed E-state index contributed by atoms with van der Waals surface area (Å²) in [5, 5.41) is 11.9. The lowest BCUT2D eigenvalue weighted by Gasteiger charge is -2.03. The summed E-state index contributed by atoms with van der Waals surface area (Å²) in [6.45, 7) is 0.164. The van der Waals surface area contributed by atoms with Crippen molar-refractivity contribution in [3.63, 3.8) is 0 Å². The van der Waals surface area contributed by atoms with E-state index in [0.717, 1.165) is 28.6 Å². The first-order valence-electron chi connectivity index (χ1n) is 8.27. The highest BCUT2D eigenvalue weighted by atomic mass is 19.2. The Balaban J connectivity index is 1.39. The van der Waals surface area contributed by atoms with Crippen LogP contribution in [0, 0.1) is 11.6 Å². The lowest BCUT2D eigenvalue weighted by Crippen LogP contribution is -2.15. The molecule has 0 aliphatic heterocycles. The van der Waals surface area contributed by atoms with Gasteiger partial charge >= 0.3 is 0 Å². The van der Waals surface area contributed by atoms with Gasteiger partial charge in [-0.15, -0.1) is 5.10 Å². The summed E-state index contributed by atoms with van der Waals surface area (Å²) in [7, 11) is 0. The van der Waals surface area contributed by atoms with E-state index in [1.54, 1.807) is 0 Å². The van der Waals surface area contributed by atoms with E-state index in [4.69, 9.17) is 0 Å². The zero-order valence-corrected chi connectivity index (χ0v) is 14.1. The molecule has 4 aromatic rings. The zero-order valence-electron chi connectivity index (χ0n) is 14.1. The van der Waals surface area contributed by atoms with Crippen LogP contribution in [-0.2, 0) is 17.8 Å². The smallest absolute Gasteiger partial charge is 0.230 e. The number of amides is 1. The normalized spacial score (nSPS) is 11.0. The molecule has 2 N–H and O–H groups in total. The second kappa shape index (κ2) is 6.99. The van der Waals surface area contributed by atoms with Crippen molar-refractivity contribution in [3.05, 3.63) is 77.6 Å². The molecule has 0 radical (unpaired) electrons. The Morgan fingerprint density at radius 1 is 1.07 bits per heavy atom. The van der Waals surface area contributed by atoms with Crippen molar-refractivity contribution in [2.75, 3.05) is 5.32 Å². The number of halogens is 2. The van der Waals surface area contributed by atoms with E-state index >= 15 is 0 Å². The molecule has 8 heteroatoms. The number of aromatic amines is 1. The maximum atomic E-state index is 13.3. The molecule has 0 saturated heterocycles. The van der Waals surface area contributed by atoms with Gasteiger partial charge in [0, 0.05) is 11.7 Å². The summed E-state index contributed by atoms with van der Waals surface area (Å²) in [6.07, 6.45) is 3.46. The molecule has 0 aliphatic carbocycles. The topological polar surface area (TPSA) is 75.6 Å². The molecular weight excluding hydrogens is 352 g/mol. The first kappa shape index (κ1) is 16.9. The third-order valence-corrected chi connectivity index (χ3v) is 4.09. The van der Waals surface area contributed by atoms with Crippen LogP contribution in [0.4, 0.5) is 14.6 Å². The first-order valence-corrected chi connectivity index (χ1v) is 8.27. The lowest BCUT2D eigenvalue weighted by molar-refractivity contribution is -0.115. The van der Waals surface area contributed by atoms with Gasteiger partial charge in [0.1, 0.15) is 0 Å². The summed E-state index contributed by atoms with van der Waals surface area (Å²) >= 11 is 0. The second-order valence-corrected chi connectivity index (χ2v) is 6.13. The summed E-state index contributed by atoms with van der Waals surface area (Å²) in [5.41, 5.74) is 2.41. The molecule has 0 spiro atoms. The van der Waals surface area contributed by atoms with Gasteiger partial charge < -0.3 is 10.3 Å². The standard InChI is InChI=1S/C19H15F2N5O/c20-15-3-1-13(8-16(15)21)11-26-23-10-18(25-26)24-19(27)9-12-2-4-17-14(7-12)5-6-22-17/h1-8,10,22H,9,11H2,(H,24,25,27). The zero-order chi connectivity index (χ0) is 18.8. The van der Waals surface area contributed by atoms with Gasteiger partial charge in [0.05, 0.1) is 19.2 Å². The van der Waals surface area contributed by atoms with Gasteiger partial charge in [-0.25, -0.2) is 8.78 Å². The molecule has 0 aliphatic rings. The van der Waals surface area contributed by atoms with Crippen LogP contribution in [-0.4, -0.2) is 25.9 Å². The summed E-state index contributed by atoms with van der Waals surface area (Å²) in [5.74, 6) is -1.75. The molecule has 2 heterocycles. The Hall–Kier alpha value is -3.55. The number of hydrogen-bond acceptors (Lipinski definition) is 3. The number of anilines is 1. The quantitative estimate of drug-likeness (QED) is 0.568. The minimum atomic E-state index is -0.924. The Morgan fingerprint density at radius 2 is 1.93 bits per heavy atom. The summed E-state index contributed by atoms with van der Waals surface area (Å²) in [4.78, 5) is 16.6. The van der Waals surface area contributed by atoms with E-state index in [0.29, 0.717) is 11.4 Å². The van der Waals surface area contributed by atoms with Gasteiger partial charge in [0.2, 0.25) is 5.91 Å². The Bertz CT molecular complexity index is 1120. The number of hydrogen-bond donors (Lipinski definition) is 2. The van der Waals surface area contributed by atoms with Gasteiger partial charge in [-0.1, -0.05) is 12.1 Å².